The number of rotatable bonds is 4. The summed E-state index contributed by atoms with van der Waals surface area (Å²) in [4.78, 5) is 0.161. The van der Waals surface area contributed by atoms with Crippen molar-refractivity contribution in [1.29, 1.82) is 0 Å². The highest BCUT2D eigenvalue weighted by atomic mass is 32.2. The molecule has 114 valence electrons. The molecule has 1 aliphatic rings. The highest BCUT2D eigenvalue weighted by Gasteiger charge is 2.51. The molecule has 2 unspecified atom stereocenters. The normalized spacial score (nSPS) is 26.2. The number of nitrogens with one attached hydrogen (secondary N) is 2. The van der Waals surface area contributed by atoms with Gasteiger partial charge in [0.2, 0.25) is 10.0 Å². The average Bonchev–Trinajstić information content (AvgIpc) is 2.79. The number of hydrogen-bond acceptors (Lipinski definition) is 4. The number of aromatic nitrogens is 2. The van der Waals surface area contributed by atoms with Crippen LogP contribution < -0.4 is 4.72 Å². The van der Waals surface area contributed by atoms with Crippen LogP contribution in [0.3, 0.4) is 0 Å². The highest BCUT2D eigenvalue weighted by Crippen LogP contribution is 2.44. The number of hydrogen-bond donors (Lipinski definition) is 2. The molecule has 0 spiro atoms. The van der Waals surface area contributed by atoms with Crippen molar-refractivity contribution in [2.45, 2.75) is 63.7 Å². The van der Waals surface area contributed by atoms with Crippen LogP contribution in [0.2, 0.25) is 0 Å². The van der Waals surface area contributed by atoms with Gasteiger partial charge in [-0.3, -0.25) is 5.10 Å². The largest absolute Gasteiger partial charge is 0.372 e. The quantitative estimate of drug-likeness (QED) is 0.886. The van der Waals surface area contributed by atoms with Gasteiger partial charge in [0.25, 0.3) is 0 Å². The maximum Gasteiger partial charge on any atom is 0.243 e. The lowest BCUT2D eigenvalue weighted by Crippen LogP contribution is -2.63. The minimum atomic E-state index is -3.51. The van der Waals surface area contributed by atoms with Crippen LogP contribution in [0.25, 0.3) is 0 Å². The van der Waals surface area contributed by atoms with Gasteiger partial charge < -0.3 is 4.74 Å². The summed E-state index contributed by atoms with van der Waals surface area (Å²) in [6.07, 6.45) is 3.41. The molecule has 1 aliphatic carbocycles. The van der Waals surface area contributed by atoms with Crippen LogP contribution in [0, 0.1) is 5.41 Å². The van der Waals surface area contributed by atoms with Gasteiger partial charge in [0.1, 0.15) is 4.90 Å². The average molecular weight is 301 g/mol. The molecule has 6 nitrogen and oxygen atoms in total. The summed E-state index contributed by atoms with van der Waals surface area (Å²) in [6, 6.07) is -0.130. The predicted molar refractivity (Wildman–Crippen MR) is 75.7 cm³/mol. The fourth-order valence-corrected chi connectivity index (χ4v) is 3.66. The first kappa shape index (κ1) is 15.5. The van der Waals surface area contributed by atoms with E-state index in [2.05, 4.69) is 14.9 Å². The van der Waals surface area contributed by atoms with Crippen molar-refractivity contribution in [1.82, 2.24) is 14.9 Å². The van der Waals surface area contributed by atoms with Gasteiger partial charge in [-0.1, -0.05) is 13.8 Å². The first-order valence-corrected chi connectivity index (χ1v) is 8.19. The minimum Gasteiger partial charge on any atom is -0.372 e. The maximum atomic E-state index is 12.2. The summed E-state index contributed by atoms with van der Waals surface area (Å²) in [7, 11) is -3.51. The van der Waals surface area contributed by atoms with E-state index in [1.54, 1.807) is 0 Å². The van der Waals surface area contributed by atoms with Crippen LogP contribution in [0.4, 0.5) is 0 Å². The Labute approximate surface area is 120 Å². The second kappa shape index (κ2) is 4.82. The third kappa shape index (κ3) is 3.05. The van der Waals surface area contributed by atoms with E-state index in [4.69, 9.17) is 4.74 Å². The van der Waals surface area contributed by atoms with Crippen molar-refractivity contribution in [3.8, 4) is 0 Å². The number of sulfonamides is 1. The molecule has 1 saturated carbocycles. The van der Waals surface area contributed by atoms with Gasteiger partial charge in [0, 0.05) is 17.7 Å². The van der Waals surface area contributed by atoms with Crippen LogP contribution >= 0.6 is 0 Å². The van der Waals surface area contributed by atoms with Crippen LogP contribution in [-0.4, -0.2) is 36.4 Å². The van der Waals surface area contributed by atoms with Crippen molar-refractivity contribution >= 4 is 10.0 Å². The Bertz CT molecular complexity index is 558. The molecule has 2 atom stereocenters. The first-order chi connectivity index (χ1) is 9.02. The second-order valence-electron chi connectivity index (χ2n) is 6.88. The zero-order valence-corrected chi connectivity index (χ0v) is 13.4. The number of ether oxygens (including phenoxy) is 1. The molecule has 0 aromatic carbocycles. The van der Waals surface area contributed by atoms with Crippen molar-refractivity contribution in [2.75, 3.05) is 0 Å². The lowest BCUT2D eigenvalue weighted by molar-refractivity contribution is -0.169. The van der Waals surface area contributed by atoms with E-state index in [1.807, 2.05) is 34.6 Å². The molecule has 2 N–H and O–H groups in total. The molecule has 0 amide bonds. The van der Waals surface area contributed by atoms with Crippen LogP contribution in [0.15, 0.2) is 17.3 Å². The van der Waals surface area contributed by atoms with E-state index in [1.165, 1.54) is 12.4 Å². The van der Waals surface area contributed by atoms with E-state index >= 15 is 0 Å². The Hall–Kier alpha value is -0.920. The molecule has 0 saturated heterocycles. The summed E-state index contributed by atoms with van der Waals surface area (Å²) < 4.78 is 33.0. The standard InChI is InChI=1S/C13H23N3O3S/c1-12(2,3)19-11-6-10(13(11,4)5)16-20(17,18)9-7-14-15-8-9/h7-8,10-11,16H,6H2,1-5H3,(H,14,15). The van der Waals surface area contributed by atoms with Crippen molar-refractivity contribution in [2.24, 2.45) is 5.41 Å². The van der Waals surface area contributed by atoms with E-state index in [-0.39, 0.29) is 28.1 Å². The van der Waals surface area contributed by atoms with Gasteiger partial charge in [0.15, 0.2) is 0 Å². The highest BCUT2D eigenvalue weighted by molar-refractivity contribution is 7.89. The molecule has 0 bridgehead atoms. The lowest BCUT2D eigenvalue weighted by Gasteiger charge is -2.53. The maximum absolute atomic E-state index is 12.2. The summed E-state index contributed by atoms with van der Waals surface area (Å²) in [5, 5.41) is 6.18. The Morgan fingerprint density at radius 3 is 2.55 bits per heavy atom. The first-order valence-electron chi connectivity index (χ1n) is 6.71. The van der Waals surface area contributed by atoms with Gasteiger partial charge in [-0.2, -0.15) is 5.10 Å². The molecule has 20 heavy (non-hydrogen) atoms. The molecule has 7 heteroatoms. The van der Waals surface area contributed by atoms with Crippen LogP contribution in [0.1, 0.15) is 41.0 Å². The van der Waals surface area contributed by atoms with Crippen LogP contribution in [-0.2, 0) is 14.8 Å². The lowest BCUT2D eigenvalue weighted by atomic mass is 9.65. The molecular weight excluding hydrogens is 278 g/mol. The Morgan fingerprint density at radius 1 is 1.45 bits per heavy atom. The second-order valence-corrected chi connectivity index (χ2v) is 8.60. The number of nitrogens with zero attached hydrogens (tertiary/aromatic N) is 1. The smallest absolute Gasteiger partial charge is 0.243 e. The Balaban J connectivity index is 2.04. The van der Waals surface area contributed by atoms with Crippen molar-refractivity contribution < 1.29 is 13.2 Å². The van der Waals surface area contributed by atoms with E-state index in [0.717, 1.165) is 0 Å². The van der Waals surface area contributed by atoms with Crippen molar-refractivity contribution in [3.05, 3.63) is 12.4 Å². The zero-order chi connectivity index (χ0) is 15.2. The minimum absolute atomic E-state index is 0.0551. The summed E-state index contributed by atoms with van der Waals surface area (Å²) in [6.45, 7) is 10.1. The number of H-pyrrole nitrogens is 1. The third-order valence-electron chi connectivity index (χ3n) is 3.75. The van der Waals surface area contributed by atoms with E-state index in [0.29, 0.717) is 6.42 Å². The van der Waals surface area contributed by atoms with Gasteiger partial charge in [-0.05, 0) is 27.2 Å². The van der Waals surface area contributed by atoms with E-state index < -0.39 is 10.0 Å². The molecule has 1 heterocycles. The molecule has 0 radical (unpaired) electrons. The summed E-state index contributed by atoms with van der Waals surface area (Å²) in [5.41, 5.74) is -0.458. The Kier molecular flexibility index (Phi) is 3.73. The molecular formula is C13H23N3O3S. The fourth-order valence-electron chi connectivity index (χ4n) is 2.35. The molecule has 2 rings (SSSR count). The van der Waals surface area contributed by atoms with Crippen molar-refractivity contribution in [3.63, 3.8) is 0 Å². The topological polar surface area (TPSA) is 84.1 Å². The zero-order valence-electron chi connectivity index (χ0n) is 12.6. The summed E-state index contributed by atoms with van der Waals surface area (Å²) >= 11 is 0. The predicted octanol–water partition coefficient (Wildman–Crippen LogP) is 1.67. The fraction of sp³-hybridized carbons (Fsp3) is 0.769. The summed E-state index contributed by atoms with van der Waals surface area (Å²) in [5.74, 6) is 0. The van der Waals surface area contributed by atoms with Gasteiger partial charge in [-0.15, -0.1) is 0 Å². The Morgan fingerprint density at radius 2 is 2.10 bits per heavy atom. The van der Waals surface area contributed by atoms with Gasteiger partial charge in [0.05, 0.1) is 17.9 Å². The number of aromatic amines is 1. The monoisotopic (exact) mass is 301 g/mol. The third-order valence-corrected chi connectivity index (χ3v) is 5.19. The molecule has 1 aromatic rings. The molecule has 1 fully saturated rings. The van der Waals surface area contributed by atoms with Crippen LogP contribution in [0.5, 0.6) is 0 Å². The SMILES string of the molecule is CC(C)(C)OC1CC(NS(=O)(=O)c2cn[nH]c2)C1(C)C. The molecule has 1 aromatic heterocycles. The van der Waals surface area contributed by atoms with Gasteiger partial charge >= 0.3 is 0 Å². The van der Waals surface area contributed by atoms with E-state index in [9.17, 15) is 8.42 Å². The van der Waals surface area contributed by atoms with Gasteiger partial charge in [-0.25, -0.2) is 13.1 Å². The molecule has 0 aliphatic heterocycles.